The van der Waals surface area contributed by atoms with Crippen molar-refractivity contribution >= 4 is 32.7 Å². The van der Waals surface area contributed by atoms with Gasteiger partial charge < -0.3 is 20.1 Å². The fourth-order valence-corrected chi connectivity index (χ4v) is 7.38. The van der Waals surface area contributed by atoms with Crippen molar-refractivity contribution in [3.63, 3.8) is 0 Å². The van der Waals surface area contributed by atoms with Crippen LogP contribution < -0.4 is 5.32 Å². The first-order valence-electron chi connectivity index (χ1n) is 14.7. The maximum Gasteiger partial charge on any atom is 0.254 e. The molecule has 1 fully saturated rings. The number of carbonyl (C=O) groups is 1. The number of fused-ring (bicyclic) bond motifs is 2. The summed E-state index contributed by atoms with van der Waals surface area (Å²) in [7, 11) is -3.79. The SMILES string of the molecule is C=C(C)c1cn(S(=O)(=O)Cc2ccccc2)c2ncc(-c3cc4c(c([C@@H]5COCCN5)c3)CN(C(=O)C(C)(C)O)CC4)nc12. The first kappa shape index (κ1) is 30.1. The smallest absolute Gasteiger partial charge is 0.254 e. The van der Waals surface area contributed by atoms with Crippen molar-refractivity contribution in [2.45, 2.75) is 51.1 Å². The van der Waals surface area contributed by atoms with Gasteiger partial charge in [-0.05, 0) is 67.2 Å². The Labute approximate surface area is 257 Å². The number of hydrogen-bond acceptors (Lipinski definition) is 8. The van der Waals surface area contributed by atoms with Gasteiger partial charge in [-0.15, -0.1) is 0 Å². The Bertz CT molecular complexity index is 1850. The lowest BCUT2D eigenvalue weighted by molar-refractivity contribution is -0.148. The van der Waals surface area contributed by atoms with E-state index in [0.29, 0.717) is 67.2 Å². The van der Waals surface area contributed by atoms with Gasteiger partial charge >= 0.3 is 0 Å². The Morgan fingerprint density at radius 1 is 1.23 bits per heavy atom. The van der Waals surface area contributed by atoms with Crippen LogP contribution in [0.1, 0.15) is 54.6 Å². The van der Waals surface area contributed by atoms with Gasteiger partial charge in [0.2, 0.25) is 10.0 Å². The number of carbonyl (C=O) groups excluding carboxylic acids is 1. The second kappa shape index (κ2) is 11.6. The normalized spacial score (nSPS) is 17.5. The van der Waals surface area contributed by atoms with Crippen molar-refractivity contribution in [3.05, 3.63) is 89.3 Å². The van der Waals surface area contributed by atoms with E-state index in [2.05, 4.69) is 29.0 Å². The second-order valence-corrected chi connectivity index (χ2v) is 14.0. The Balaban J connectivity index is 1.44. The molecule has 1 saturated heterocycles. The summed E-state index contributed by atoms with van der Waals surface area (Å²) >= 11 is 0. The first-order valence-corrected chi connectivity index (χ1v) is 16.3. The maximum atomic E-state index is 13.5. The standard InChI is InChI=1S/C33H37N5O5S/c1-21(2)26-18-38(44(41,42)20-22-8-6-5-7-9-22)31-30(26)36-28(16-35-31)24-14-23-10-12-37(32(39)33(3,4)40)17-27(23)25(15-24)29-19-43-13-11-34-29/h5-9,14-16,18,29,34,40H,1,10-13,17,19-20H2,2-4H3/t29-/m0/s1. The molecule has 1 atom stereocenters. The van der Waals surface area contributed by atoms with Crippen LogP contribution in [0.4, 0.5) is 0 Å². The van der Waals surface area contributed by atoms with Gasteiger partial charge in [-0.25, -0.2) is 22.4 Å². The lowest BCUT2D eigenvalue weighted by Gasteiger charge is -2.36. The van der Waals surface area contributed by atoms with Crippen molar-refractivity contribution < 1.29 is 23.1 Å². The predicted molar refractivity (Wildman–Crippen MR) is 169 cm³/mol. The highest BCUT2D eigenvalue weighted by molar-refractivity contribution is 7.89. The molecule has 2 aliphatic heterocycles. The number of nitrogens with zero attached hydrogens (tertiary/aromatic N) is 4. The summed E-state index contributed by atoms with van der Waals surface area (Å²) in [5, 5.41) is 13.9. The van der Waals surface area contributed by atoms with Gasteiger partial charge in [0, 0.05) is 37.0 Å². The molecule has 11 heteroatoms. The third-order valence-corrected chi connectivity index (χ3v) is 9.77. The molecule has 2 aliphatic rings. The molecule has 4 heterocycles. The van der Waals surface area contributed by atoms with Crippen molar-refractivity contribution in [1.82, 2.24) is 24.2 Å². The number of nitrogens with one attached hydrogen (secondary N) is 1. The van der Waals surface area contributed by atoms with Crippen molar-refractivity contribution in [3.8, 4) is 11.3 Å². The maximum absolute atomic E-state index is 13.5. The summed E-state index contributed by atoms with van der Waals surface area (Å²) in [5.41, 5.74) is 5.83. The van der Waals surface area contributed by atoms with Crippen LogP contribution in [0.25, 0.3) is 28.0 Å². The van der Waals surface area contributed by atoms with Gasteiger partial charge in [-0.2, -0.15) is 0 Å². The van der Waals surface area contributed by atoms with E-state index in [1.54, 1.807) is 29.4 Å². The minimum absolute atomic E-state index is 0.0819. The molecule has 0 aliphatic carbocycles. The van der Waals surface area contributed by atoms with Gasteiger partial charge in [-0.3, -0.25) is 4.79 Å². The van der Waals surface area contributed by atoms with Crippen LogP contribution in [-0.2, 0) is 38.3 Å². The van der Waals surface area contributed by atoms with E-state index in [-0.39, 0.29) is 23.3 Å². The van der Waals surface area contributed by atoms with Crippen LogP contribution in [0.15, 0.2) is 61.4 Å². The number of ether oxygens (including phenoxy) is 1. The third kappa shape index (κ3) is 5.80. The van der Waals surface area contributed by atoms with Crippen LogP contribution in [0, 0.1) is 0 Å². The highest BCUT2D eigenvalue weighted by atomic mass is 32.2. The average molecular weight is 616 g/mol. The first-order chi connectivity index (χ1) is 20.9. The lowest BCUT2D eigenvalue weighted by atomic mass is 9.87. The van der Waals surface area contributed by atoms with E-state index in [9.17, 15) is 18.3 Å². The van der Waals surface area contributed by atoms with Crippen LogP contribution in [0.5, 0.6) is 0 Å². The Morgan fingerprint density at radius 3 is 2.68 bits per heavy atom. The third-order valence-electron chi connectivity index (χ3n) is 8.20. The summed E-state index contributed by atoms with van der Waals surface area (Å²) in [5.74, 6) is -0.477. The van der Waals surface area contributed by atoms with E-state index in [4.69, 9.17) is 9.72 Å². The highest BCUT2D eigenvalue weighted by Gasteiger charge is 2.34. The van der Waals surface area contributed by atoms with E-state index in [0.717, 1.165) is 22.3 Å². The molecule has 6 rings (SSSR count). The van der Waals surface area contributed by atoms with E-state index in [1.807, 2.05) is 25.1 Å². The Morgan fingerprint density at radius 2 is 2.00 bits per heavy atom. The van der Waals surface area contributed by atoms with E-state index < -0.39 is 15.6 Å². The van der Waals surface area contributed by atoms with Crippen molar-refractivity contribution in [1.29, 1.82) is 0 Å². The highest BCUT2D eigenvalue weighted by Crippen LogP contribution is 2.35. The topological polar surface area (TPSA) is 127 Å². The van der Waals surface area contributed by atoms with Gasteiger partial charge in [0.15, 0.2) is 5.65 Å². The summed E-state index contributed by atoms with van der Waals surface area (Å²) in [6, 6.07) is 13.1. The zero-order valence-corrected chi connectivity index (χ0v) is 26.0. The zero-order valence-electron chi connectivity index (χ0n) is 25.2. The fraction of sp³-hybridized carbons (Fsp3) is 0.364. The summed E-state index contributed by atoms with van der Waals surface area (Å²) < 4.78 is 34.1. The van der Waals surface area contributed by atoms with Gasteiger partial charge in [0.1, 0.15) is 11.1 Å². The number of morpholine rings is 1. The predicted octanol–water partition coefficient (Wildman–Crippen LogP) is 3.83. The number of aliphatic hydroxyl groups is 1. The quantitative estimate of drug-likeness (QED) is 0.321. The Kier molecular flexibility index (Phi) is 7.91. The largest absolute Gasteiger partial charge is 0.381 e. The zero-order chi connectivity index (χ0) is 31.2. The summed E-state index contributed by atoms with van der Waals surface area (Å²) in [4.78, 5) is 24.3. The van der Waals surface area contributed by atoms with Gasteiger partial charge in [0.05, 0.1) is 36.9 Å². The number of aromatic nitrogens is 3. The summed E-state index contributed by atoms with van der Waals surface area (Å²) in [6.07, 6.45) is 3.79. The molecule has 0 saturated carbocycles. The van der Waals surface area contributed by atoms with Crippen LogP contribution in [0.2, 0.25) is 0 Å². The molecule has 10 nitrogen and oxygen atoms in total. The number of amides is 1. The van der Waals surface area contributed by atoms with Crippen molar-refractivity contribution in [2.24, 2.45) is 0 Å². The minimum Gasteiger partial charge on any atom is -0.381 e. The molecule has 230 valence electrons. The van der Waals surface area contributed by atoms with Gasteiger partial charge in [-0.1, -0.05) is 36.9 Å². The summed E-state index contributed by atoms with van der Waals surface area (Å²) in [6.45, 7) is 11.6. The lowest BCUT2D eigenvalue weighted by Crippen LogP contribution is -2.47. The van der Waals surface area contributed by atoms with E-state index >= 15 is 0 Å². The van der Waals surface area contributed by atoms with Crippen molar-refractivity contribution in [2.75, 3.05) is 26.3 Å². The number of allylic oxidation sites excluding steroid dienone is 1. The van der Waals surface area contributed by atoms with Crippen LogP contribution >= 0.6 is 0 Å². The molecule has 2 N–H and O–H groups in total. The monoisotopic (exact) mass is 615 g/mol. The molecule has 0 radical (unpaired) electrons. The van der Waals surface area contributed by atoms with E-state index in [1.165, 1.54) is 17.8 Å². The molecule has 4 aromatic rings. The number of hydrogen-bond donors (Lipinski definition) is 2. The molecule has 44 heavy (non-hydrogen) atoms. The minimum atomic E-state index is -3.79. The number of rotatable bonds is 7. The molecule has 0 spiro atoms. The van der Waals surface area contributed by atoms with Crippen LogP contribution in [-0.4, -0.2) is 70.2 Å². The molecule has 2 aromatic heterocycles. The molecule has 1 amide bonds. The fourth-order valence-electron chi connectivity index (χ4n) is 5.96. The molecular weight excluding hydrogens is 578 g/mol. The number of benzene rings is 2. The molecular formula is C33H37N5O5S. The second-order valence-electron chi connectivity index (χ2n) is 12.1. The molecule has 2 aromatic carbocycles. The van der Waals surface area contributed by atoms with Gasteiger partial charge in [0.25, 0.3) is 5.91 Å². The Hall–Kier alpha value is -3.90. The van der Waals surface area contributed by atoms with Crippen LogP contribution in [0.3, 0.4) is 0 Å². The molecule has 0 bridgehead atoms. The average Bonchev–Trinajstić information content (AvgIpc) is 3.41. The molecule has 0 unspecified atom stereocenters.